The average molecular weight is 374 g/mol. The smallest absolute Gasteiger partial charge is 0.238 e. The van der Waals surface area contributed by atoms with Gasteiger partial charge in [0.15, 0.2) is 0 Å². The largest absolute Gasteiger partial charge is 0.495 e. The van der Waals surface area contributed by atoms with Crippen molar-refractivity contribution >= 4 is 17.5 Å². The third-order valence-electron chi connectivity index (χ3n) is 5.28. The Hall–Kier alpha value is -2.12. The summed E-state index contributed by atoms with van der Waals surface area (Å²) in [6.07, 6.45) is 2.25. The van der Waals surface area contributed by atoms with Crippen molar-refractivity contribution < 1.29 is 14.3 Å². The lowest BCUT2D eigenvalue weighted by Crippen LogP contribution is -2.51. The Morgan fingerprint density at radius 2 is 1.63 bits per heavy atom. The van der Waals surface area contributed by atoms with E-state index in [1.54, 1.807) is 7.11 Å². The number of hydrogen-bond donors (Lipinski definition) is 1. The number of ether oxygens (including phenoxy) is 1. The van der Waals surface area contributed by atoms with E-state index in [9.17, 15) is 9.59 Å². The molecule has 3 rings (SSSR count). The number of rotatable bonds is 6. The molecule has 1 aromatic rings. The van der Waals surface area contributed by atoms with Gasteiger partial charge in [-0.3, -0.25) is 19.4 Å². The van der Waals surface area contributed by atoms with Gasteiger partial charge in [-0.1, -0.05) is 6.07 Å². The summed E-state index contributed by atoms with van der Waals surface area (Å²) in [6.45, 7) is 7.88. The Balaban J connectivity index is 1.43. The van der Waals surface area contributed by atoms with E-state index in [1.165, 1.54) is 0 Å². The van der Waals surface area contributed by atoms with Crippen LogP contribution in [0.5, 0.6) is 5.75 Å². The molecule has 0 radical (unpaired) electrons. The number of likely N-dealkylation sites (tertiary alicyclic amines) is 1. The van der Waals surface area contributed by atoms with Crippen molar-refractivity contribution in [3.63, 3.8) is 0 Å². The molecule has 0 atom stereocenters. The van der Waals surface area contributed by atoms with Crippen molar-refractivity contribution in [3.8, 4) is 5.75 Å². The lowest BCUT2D eigenvalue weighted by atomic mass is 10.2. The molecule has 2 heterocycles. The third kappa shape index (κ3) is 5.43. The molecule has 0 bridgehead atoms. The van der Waals surface area contributed by atoms with Crippen LogP contribution in [0.2, 0.25) is 0 Å². The predicted molar refractivity (Wildman–Crippen MR) is 105 cm³/mol. The van der Waals surface area contributed by atoms with Crippen molar-refractivity contribution in [3.05, 3.63) is 23.8 Å². The maximum Gasteiger partial charge on any atom is 0.238 e. The Morgan fingerprint density at radius 3 is 2.26 bits per heavy atom. The summed E-state index contributed by atoms with van der Waals surface area (Å²) in [5.41, 5.74) is 1.78. The highest BCUT2D eigenvalue weighted by molar-refractivity contribution is 5.93. The molecule has 148 valence electrons. The Kier molecular flexibility index (Phi) is 6.68. The van der Waals surface area contributed by atoms with Crippen molar-refractivity contribution in [1.29, 1.82) is 0 Å². The summed E-state index contributed by atoms with van der Waals surface area (Å²) in [4.78, 5) is 31.0. The molecule has 0 saturated carbocycles. The number of benzene rings is 1. The van der Waals surface area contributed by atoms with Crippen LogP contribution in [-0.2, 0) is 9.59 Å². The number of methoxy groups -OCH3 is 1. The molecule has 1 N–H and O–H groups in total. The van der Waals surface area contributed by atoms with Crippen LogP contribution < -0.4 is 10.1 Å². The molecule has 0 aromatic heterocycles. The summed E-state index contributed by atoms with van der Waals surface area (Å²) in [7, 11) is 1.60. The van der Waals surface area contributed by atoms with E-state index >= 15 is 0 Å². The number of anilines is 1. The zero-order chi connectivity index (χ0) is 19.2. The van der Waals surface area contributed by atoms with E-state index in [2.05, 4.69) is 15.1 Å². The van der Waals surface area contributed by atoms with Crippen LogP contribution in [0.1, 0.15) is 18.4 Å². The molecule has 27 heavy (non-hydrogen) atoms. The lowest BCUT2D eigenvalue weighted by Gasteiger charge is -2.34. The maximum absolute atomic E-state index is 12.4. The number of piperazine rings is 1. The fourth-order valence-electron chi connectivity index (χ4n) is 3.68. The first kappa shape index (κ1) is 19.6. The lowest BCUT2D eigenvalue weighted by molar-refractivity contribution is -0.132. The van der Waals surface area contributed by atoms with Gasteiger partial charge in [0, 0.05) is 39.3 Å². The quantitative estimate of drug-likeness (QED) is 0.810. The van der Waals surface area contributed by atoms with Crippen molar-refractivity contribution in [2.24, 2.45) is 0 Å². The highest BCUT2D eigenvalue weighted by Gasteiger charge is 2.24. The minimum atomic E-state index is -0.0412. The van der Waals surface area contributed by atoms with Crippen LogP contribution in [0.15, 0.2) is 18.2 Å². The first-order valence-electron chi connectivity index (χ1n) is 9.72. The van der Waals surface area contributed by atoms with Gasteiger partial charge in [-0.2, -0.15) is 0 Å². The molecule has 2 saturated heterocycles. The van der Waals surface area contributed by atoms with Gasteiger partial charge in [0.25, 0.3) is 0 Å². The van der Waals surface area contributed by atoms with Gasteiger partial charge in [0.2, 0.25) is 11.8 Å². The SMILES string of the molecule is COc1ccc(C)cc1NC(=O)CN1CCN(CC(=O)N2CCCC2)CC1. The molecular formula is C20H30N4O3. The minimum absolute atomic E-state index is 0.0412. The average Bonchev–Trinajstić information content (AvgIpc) is 3.18. The van der Waals surface area contributed by atoms with E-state index < -0.39 is 0 Å². The fraction of sp³-hybridized carbons (Fsp3) is 0.600. The summed E-state index contributed by atoms with van der Waals surface area (Å²) in [6, 6.07) is 5.73. The second kappa shape index (κ2) is 9.19. The van der Waals surface area contributed by atoms with Crippen LogP contribution in [-0.4, -0.2) is 86.0 Å². The highest BCUT2D eigenvalue weighted by Crippen LogP contribution is 2.25. The first-order valence-corrected chi connectivity index (χ1v) is 9.72. The van der Waals surface area contributed by atoms with E-state index in [4.69, 9.17) is 4.74 Å². The third-order valence-corrected chi connectivity index (χ3v) is 5.28. The van der Waals surface area contributed by atoms with Crippen molar-refractivity contribution in [2.45, 2.75) is 19.8 Å². The number of aryl methyl sites for hydroxylation is 1. The molecule has 2 amide bonds. The predicted octanol–water partition coefficient (Wildman–Crippen LogP) is 1.18. The highest BCUT2D eigenvalue weighted by atomic mass is 16.5. The van der Waals surface area contributed by atoms with Crippen LogP contribution in [0.25, 0.3) is 0 Å². The van der Waals surface area contributed by atoms with Gasteiger partial charge in [0.1, 0.15) is 5.75 Å². The molecule has 1 aromatic carbocycles. The number of amides is 2. The van der Waals surface area contributed by atoms with E-state index in [1.807, 2.05) is 30.0 Å². The monoisotopic (exact) mass is 374 g/mol. The van der Waals surface area contributed by atoms with Crippen molar-refractivity contribution in [1.82, 2.24) is 14.7 Å². The standard InChI is InChI=1S/C20H30N4O3/c1-16-5-6-18(27-2)17(13-16)21-19(25)14-22-9-11-23(12-10-22)15-20(26)24-7-3-4-8-24/h5-6,13H,3-4,7-12,14-15H2,1-2H3,(H,21,25). The molecule has 7 heteroatoms. The second-order valence-corrected chi connectivity index (χ2v) is 7.39. The fourth-order valence-corrected chi connectivity index (χ4v) is 3.68. The number of hydrogen-bond acceptors (Lipinski definition) is 5. The summed E-state index contributed by atoms with van der Waals surface area (Å²) in [5.74, 6) is 0.866. The number of nitrogens with zero attached hydrogens (tertiary/aromatic N) is 3. The molecule has 0 unspecified atom stereocenters. The van der Waals surface area contributed by atoms with Gasteiger partial charge >= 0.3 is 0 Å². The van der Waals surface area contributed by atoms with Crippen molar-refractivity contribution in [2.75, 3.05) is 64.8 Å². The zero-order valence-electron chi connectivity index (χ0n) is 16.4. The molecule has 2 aliphatic heterocycles. The second-order valence-electron chi connectivity index (χ2n) is 7.39. The maximum atomic E-state index is 12.4. The Labute approximate surface area is 161 Å². The van der Waals surface area contributed by atoms with Gasteiger partial charge in [0.05, 0.1) is 25.9 Å². The Bertz CT molecular complexity index is 665. The summed E-state index contributed by atoms with van der Waals surface area (Å²) in [5, 5.41) is 2.95. The zero-order valence-corrected chi connectivity index (χ0v) is 16.4. The van der Waals surface area contributed by atoms with Crippen LogP contribution in [0, 0.1) is 6.92 Å². The van der Waals surface area contributed by atoms with Crippen LogP contribution in [0.4, 0.5) is 5.69 Å². The first-order chi connectivity index (χ1) is 13.0. The summed E-state index contributed by atoms with van der Waals surface area (Å²) < 4.78 is 5.31. The van der Waals surface area contributed by atoms with E-state index in [-0.39, 0.29) is 11.8 Å². The summed E-state index contributed by atoms with van der Waals surface area (Å²) >= 11 is 0. The van der Waals surface area contributed by atoms with Gasteiger partial charge in [-0.15, -0.1) is 0 Å². The minimum Gasteiger partial charge on any atom is -0.495 e. The molecule has 0 spiro atoms. The van der Waals surface area contributed by atoms with E-state index in [0.29, 0.717) is 24.5 Å². The topological polar surface area (TPSA) is 65.1 Å². The number of nitrogens with one attached hydrogen (secondary N) is 1. The molecule has 7 nitrogen and oxygen atoms in total. The van der Waals surface area contributed by atoms with Crippen LogP contribution in [0.3, 0.4) is 0 Å². The normalized spacial score (nSPS) is 18.5. The number of carbonyl (C=O) groups is 2. The van der Waals surface area contributed by atoms with Gasteiger partial charge in [-0.25, -0.2) is 0 Å². The van der Waals surface area contributed by atoms with Gasteiger partial charge < -0.3 is 15.0 Å². The molecule has 2 aliphatic rings. The number of carbonyl (C=O) groups excluding carboxylic acids is 2. The molecule has 0 aliphatic carbocycles. The van der Waals surface area contributed by atoms with Crippen LogP contribution >= 0.6 is 0 Å². The molecular weight excluding hydrogens is 344 g/mol. The van der Waals surface area contributed by atoms with E-state index in [0.717, 1.165) is 57.7 Å². The Morgan fingerprint density at radius 1 is 1.00 bits per heavy atom. The van der Waals surface area contributed by atoms with Gasteiger partial charge in [-0.05, 0) is 37.5 Å². The molecule has 2 fully saturated rings.